The number of benzene rings is 2. The summed E-state index contributed by atoms with van der Waals surface area (Å²) in [5, 5.41) is 1.80. The summed E-state index contributed by atoms with van der Waals surface area (Å²) in [5.41, 5.74) is 0.874. The number of alkyl halides is 3. The molecular weight excluding hydrogens is 351 g/mol. The van der Waals surface area contributed by atoms with Gasteiger partial charge in [0.05, 0.1) is 14.2 Å². The van der Waals surface area contributed by atoms with Crippen LogP contribution < -0.4 is 19.5 Å². The number of methoxy groups -OCH3 is 2. The number of hydrogen-bond donors (Lipinski definition) is 1. The third-order valence-electron chi connectivity index (χ3n) is 3.40. The van der Waals surface area contributed by atoms with Gasteiger partial charge in [0.2, 0.25) is 5.75 Å². The molecule has 0 saturated carbocycles. The van der Waals surface area contributed by atoms with Crippen LogP contribution >= 0.6 is 0 Å². The van der Waals surface area contributed by atoms with Gasteiger partial charge in [-0.1, -0.05) is 30.3 Å². The van der Waals surface area contributed by atoms with Crippen molar-refractivity contribution < 1.29 is 32.2 Å². The number of carbonyl (C=O) groups excluding carboxylic acids is 1. The predicted octanol–water partition coefficient (Wildman–Crippen LogP) is 3.57. The van der Waals surface area contributed by atoms with Crippen molar-refractivity contribution in [1.29, 1.82) is 0 Å². The second-order valence-corrected chi connectivity index (χ2v) is 5.28. The van der Waals surface area contributed by atoms with Crippen LogP contribution in [0.25, 0.3) is 0 Å². The molecular formula is C18H18F3NO4. The second-order valence-electron chi connectivity index (χ2n) is 5.28. The Labute approximate surface area is 148 Å². The summed E-state index contributed by atoms with van der Waals surface area (Å²) in [6.45, 7) is -1.20. The lowest BCUT2D eigenvalue weighted by molar-refractivity contribution is -0.123. The molecule has 0 spiro atoms. The quantitative estimate of drug-likeness (QED) is 0.811. The number of hydrogen-bond acceptors (Lipinski definition) is 4. The molecule has 140 valence electrons. The first kappa shape index (κ1) is 19.4. The van der Waals surface area contributed by atoms with Crippen LogP contribution in [0, 0.1) is 0 Å². The highest BCUT2D eigenvalue weighted by atomic mass is 19.4. The van der Waals surface area contributed by atoms with Gasteiger partial charge >= 0.3 is 6.18 Å². The third kappa shape index (κ3) is 5.30. The molecule has 0 aromatic heterocycles. The Morgan fingerprint density at radius 1 is 1.04 bits per heavy atom. The van der Waals surface area contributed by atoms with E-state index in [2.05, 4.69) is 0 Å². The number of halogens is 3. The SMILES string of the molecule is COc1cc(C(=O)NCC(F)(F)F)cc(OC)c1OCc1ccccc1. The summed E-state index contributed by atoms with van der Waals surface area (Å²) >= 11 is 0. The molecule has 2 aromatic carbocycles. The van der Waals surface area contributed by atoms with Crippen LogP contribution in [0.2, 0.25) is 0 Å². The van der Waals surface area contributed by atoms with E-state index < -0.39 is 18.6 Å². The molecule has 2 rings (SSSR count). The van der Waals surface area contributed by atoms with Gasteiger partial charge in [0, 0.05) is 5.56 Å². The van der Waals surface area contributed by atoms with Crippen molar-refractivity contribution in [3.8, 4) is 17.2 Å². The lowest BCUT2D eigenvalue weighted by Crippen LogP contribution is -2.33. The highest BCUT2D eigenvalue weighted by Crippen LogP contribution is 2.39. The summed E-state index contributed by atoms with van der Waals surface area (Å²) < 4.78 is 52.9. The average Bonchev–Trinajstić information content (AvgIpc) is 2.63. The average molecular weight is 369 g/mol. The van der Waals surface area contributed by atoms with Gasteiger partial charge in [-0.05, 0) is 17.7 Å². The minimum absolute atomic E-state index is 0.0324. The molecule has 0 fully saturated rings. The fraction of sp³-hybridized carbons (Fsp3) is 0.278. The van der Waals surface area contributed by atoms with Gasteiger partial charge < -0.3 is 19.5 Å². The van der Waals surface area contributed by atoms with Crippen molar-refractivity contribution in [3.63, 3.8) is 0 Å². The zero-order chi connectivity index (χ0) is 19.2. The molecule has 0 saturated heterocycles. The minimum Gasteiger partial charge on any atom is -0.493 e. The van der Waals surface area contributed by atoms with Crippen LogP contribution in [0.1, 0.15) is 15.9 Å². The molecule has 0 atom stereocenters. The molecule has 1 N–H and O–H groups in total. The normalized spacial score (nSPS) is 11.0. The van der Waals surface area contributed by atoms with Crippen LogP contribution in [0.5, 0.6) is 17.2 Å². The Kier molecular flexibility index (Phi) is 6.32. The maximum Gasteiger partial charge on any atom is 0.405 e. The van der Waals surface area contributed by atoms with Crippen molar-refractivity contribution in [3.05, 3.63) is 53.6 Å². The molecule has 0 unspecified atom stereocenters. The Hall–Kier alpha value is -2.90. The standard InChI is InChI=1S/C18H18F3NO4/c1-24-14-8-13(17(23)22-11-18(19,20)21)9-15(25-2)16(14)26-10-12-6-4-3-5-7-12/h3-9H,10-11H2,1-2H3,(H,22,23). The van der Waals surface area contributed by atoms with E-state index in [1.165, 1.54) is 26.4 Å². The van der Waals surface area contributed by atoms with Gasteiger partial charge in [0.1, 0.15) is 13.2 Å². The van der Waals surface area contributed by atoms with E-state index in [0.717, 1.165) is 5.56 Å². The summed E-state index contributed by atoms with van der Waals surface area (Å²) in [5.74, 6) is -0.283. The van der Waals surface area contributed by atoms with Crippen LogP contribution in [-0.2, 0) is 6.61 Å². The second kappa shape index (κ2) is 8.46. The van der Waals surface area contributed by atoms with Gasteiger partial charge in [-0.3, -0.25) is 4.79 Å². The molecule has 2 aromatic rings. The van der Waals surface area contributed by atoms with Crippen molar-refractivity contribution in [1.82, 2.24) is 5.32 Å². The zero-order valence-corrected chi connectivity index (χ0v) is 14.2. The molecule has 0 aliphatic heterocycles. The molecule has 8 heteroatoms. The van der Waals surface area contributed by atoms with Crippen molar-refractivity contribution >= 4 is 5.91 Å². The maximum absolute atomic E-state index is 12.3. The summed E-state index contributed by atoms with van der Waals surface area (Å²) in [6, 6.07) is 11.9. The van der Waals surface area contributed by atoms with Crippen LogP contribution in [0.3, 0.4) is 0 Å². The largest absolute Gasteiger partial charge is 0.493 e. The smallest absolute Gasteiger partial charge is 0.405 e. The highest BCUT2D eigenvalue weighted by molar-refractivity contribution is 5.95. The number of rotatable bonds is 7. The number of amides is 1. The van der Waals surface area contributed by atoms with E-state index in [4.69, 9.17) is 14.2 Å². The first-order chi connectivity index (χ1) is 12.3. The topological polar surface area (TPSA) is 56.8 Å². The van der Waals surface area contributed by atoms with E-state index in [1.54, 1.807) is 5.32 Å². The van der Waals surface area contributed by atoms with Gasteiger partial charge in [0.15, 0.2) is 11.5 Å². The van der Waals surface area contributed by atoms with E-state index in [1.807, 2.05) is 30.3 Å². The van der Waals surface area contributed by atoms with E-state index in [9.17, 15) is 18.0 Å². The molecule has 1 amide bonds. The zero-order valence-electron chi connectivity index (χ0n) is 14.2. The molecule has 0 heterocycles. The minimum atomic E-state index is -4.50. The monoisotopic (exact) mass is 369 g/mol. The molecule has 5 nitrogen and oxygen atoms in total. The molecule has 0 radical (unpaired) electrons. The van der Waals surface area contributed by atoms with Crippen LogP contribution in [-0.4, -0.2) is 32.8 Å². The summed E-state index contributed by atoms with van der Waals surface area (Å²) in [4.78, 5) is 12.0. The van der Waals surface area contributed by atoms with Gasteiger partial charge in [-0.2, -0.15) is 13.2 Å². The Balaban J connectivity index is 2.22. The number of carbonyl (C=O) groups is 1. The van der Waals surface area contributed by atoms with E-state index in [-0.39, 0.29) is 29.4 Å². The third-order valence-corrected chi connectivity index (χ3v) is 3.40. The van der Waals surface area contributed by atoms with Gasteiger partial charge in [-0.15, -0.1) is 0 Å². The predicted molar refractivity (Wildman–Crippen MR) is 88.7 cm³/mol. The highest BCUT2D eigenvalue weighted by Gasteiger charge is 2.28. The number of nitrogens with one attached hydrogen (secondary N) is 1. The van der Waals surface area contributed by atoms with Crippen molar-refractivity contribution in [2.75, 3.05) is 20.8 Å². The van der Waals surface area contributed by atoms with E-state index in [0.29, 0.717) is 0 Å². The van der Waals surface area contributed by atoms with Crippen LogP contribution in [0.15, 0.2) is 42.5 Å². The Morgan fingerprint density at radius 3 is 2.12 bits per heavy atom. The molecule has 0 bridgehead atoms. The van der Waals surface area contributed by atoms with Crippen molar-refractivity contribution in [2.24, 2.45) is 0 Å². The first-order valence-electron chi connectivity index (χ1n) is 7.61. The van der Waals surface area contributed by atoms with Gasteiger partial charge in [0.25, 0.3) is 5.91 Å². The first-order valence-corrected chi connectivity index (χ1v) is 7.61. The molecule has 26 heavy (non-hydrogen) atoms. The molecule has 0 aliphatic rings. The lowest BCUT2D eigenvalue weighted by atomic mass is 10.1. The lowest BCUT2D eigenvalue weighted by Gasteiger charge is -2.16. The fourth-order valence-corrected chi connectivity index (χ4v) is 2.17. The number of ether oxygens (including phenoxy) is 3. The Morgan fingerprint density at radius 2 is 1.62 bits per heavy atom. The molecule has 0 aliphatic carbocycles. The van der Waals surface area contributed by atoms with Crippen LogP contribution in [0.4, 0.5) is 13.2 Å². The van der Waals surface area contributed by atoms with Crippen molar-refractivity contribution in [2.45, 2.75) is 12.8 Å². The van der Waals surface area contributed by atoms with Gasteiger partial charge in [-0.25, -0.2) is 0 Å². The summed E-state index contributed by atoms with van der Waals surface area (Å²) in [6.07, 6.45) is -4.50. The summed E-state index contributed by atoms with van der Waals surface area (Å²) in [7, 11) is 2.73. The fourth-order valence-electron chi connectivity index (χ4n) is 2.17. The van der Waals surface area contributed by atoms with E-state index >= 15 is 0 Å². The maximum atomic E-state index is 12.3. The Bertz CT molecular complexity index is 723.